The average molecular weight is 209 g/mol. The SMILES string of the molecule is CC(C)CCN(C)c1ncnc(N)c1N. The van der Waals surface area contributed by atoms with Crippen LogP contribution in [0.15, 0.2) is 6.33 Å². The van der Waals surface area contributed by atoms with Crippen LogP contribution >= 0.6 is 0 Å². The fourth-order valence-corrected chi connectivity index (χ4v) is 1.26. The number of nitrogens with two attached hydrogens (primary N) is 2. The predicted molar refractivity (Wildman–Crippen MR) is 63.6 cm³/mol. The quantitative estimate of drug-likeness (QED) is 0.776. The fourth-order valence-electron chi connectivity index (χ4n) is 1.26. The van der Waals surface area contributed by atoms with E-state index in [0.717, 1.165) is 13.0 Å². The monoisotopic (exact) mass is 209 g/mol. The second kappa shape index (κ2) is 4.82. The number of aromatic nitrogens is 2. The first kappa shape index (κ1) is 11.6. The minimum absolute atomic E-state index is 0.344. The Kier molecular flexibility index (Phi) is 3.71. The van der Waals surface area contributed by atoms with Crippen LogP contribution in [0.1, 0.15) is 20.3 Å². The smallest absolute Gasteiger partial charge is 0.157 e. The van der Waals surface area contributed by atoms with Crippen molar-refractivity contribution in [3.63, 3.8) is 0 Å². The maximum atomic E-state index is 5.80. The van der Waals surface area contributed by atoms with Crippen molar-refractivity contribution >= 4 is 17.3 Å². The molecule has 1 aromatic heterocycles. The normalized spacial score (nSPS) is 10.7. The first-order valence-electron chi connectivity index (χ1n) is 5.09. The zero-order valence-electron chi connectivity index (χ0n) is 9.57. The minimum Gasteiger partial charge on any atom is -0.393 e. The molecule has 0 spiro atoms. The molecule has 0 atom stereocenters. The first-order valence-corrected chi connectivity index (χ1v) is 5.09. The van der Waals surface area contributed by atoms with Crippen LogP contribution in [0.3, 0.4) is 0 Å². The van der Waals surface area contributed by atoms with Crippen LogP contribution in [0.2, 0.25) is 0 Å². The molecule has 0 radical (unpaired) electrons. The van der Waals surface area contributed by atoms with E-state index in [1.807, 2.05) is 11.9 Å². The van der Waals surface area contributed by atoms with E-state index in [1.165, 1.54) is 6.33 Å². The molecule has 0 aliphatic carbocycles. The minimum atomic E-state index is 0.344. The van der Waals surface area contributed by atoms with Crippen LogP contribution in [0, 0.1) is 5.92 Å². The standard InChI is InChI=1S/C10H19N5/c1-7(2)4-5-15(3)10-8(11)9(12)13-6-14-10/h6-7H,4-5,11H2,1-3H3,(H2,12,13,14). The Morgan fingerprint density at radius 2 is 2.00 bits per heavy atom. The van der Waals surface area contributed by atoms with E-state index in [1.54, 1.807) is 0 Å². The highest BCUT2D eigenvalue weighted by Crippen LogP contribution is 2.22. The summed E-state index contributed by atoms with van der Waals surface area (Å²) in [5.41, 5.74) is 11.9. The third-order valence-corrected chi connectivity index (χ3v) is 2.30. The van der Waals surface area contributed by atoms with Crippen molar-refractivity contribution in [2.75, 3.05) is 30.0 Å². The lowest BCUT2D eigenvalue weighted by Gasteiger charge is -2.20. The Bertz CT molecular complexity index is 324. The van der Waals surface area contributed by atoms with Crippen molar-refractivity contribution in [2.45, 2.75) is 20.3 Å². The summed E-state index contributed by atoms with van der Waals surface area (Å²) < 4.78 is 0. The Hall–Kier alpha value is -1.52. The number of hydrogen-bond donors (Lipinski definition) is 2. The maximum absolute atomic E-state index is 5.80. The molecule has 0 aromatic carbocycles. The molecule has 5 nitrogen and oxygen atoms in total. The molecule has 84 valence electrons. The van der Waals surface area contributed by atoms with Gasteiger partial charge in [-0.3, -0.25) is 0 Å². The number of hydrogen-bond acceptors (Lipinski definition) is 5. The molecule has 1 aromatic rings. The van der Waals surface area contributed by atoms with Gasteiger partial charge in [0.05, 0.1) is 0 Å². The van der Waals surface area contributed by atoms with Gasteiger partial charge in [-0.15, -0.1) is 0 Å². The lowest BCUT2D eigenvalue weighted by molar-refractivity contribution is 0.584. The van der Waals surface area contributed by atoms with E-state index in [0.29, 0.717) is 23.2 Å². The molecule has 0 fully saturated rings. The second-order valence-corrected chi connectivity index (χ2v) is 4.10. The zero-order chi connectivity index (χ0) is 11.4. The van der Waals surface area contributed by atoms with Crippen LogP contribution in [-0.4, -0.2) is 23.6 Å². The molecular formula is C10H19N5. The van der Waals surface area contributed by atoms with E-state index in [2.05, 4.69) is 23.8 Å². The van der Waals surface area contributed by atoms with Crippen molar-refractivity contribution in [1.82, 2.24) is 9.97 Å². The summed E-state index contributed by atoms with van der Waals surface area (Å²) in [6, 6.07) is 0. The molecule has 4 N–H and O–H groups in total. The predicted octanol–water partition coefficient (Wildman–Crippen LogP) is 1.12. The van der Waals surface area contributed by atoms with E-state index in [4.69, 9.17) is 11.5 Å². The van der Waals surface area contributed by atoms with E-state index in [-0.39, 0.29) is 0 Å². The Morgan fingerprint density at radius 3 is 2.60 bits per heavy atom. The van der Waals surface area contributed by atoms with E-state index >= 15 is 0 Å². The molecule has 0 bridgehead atoms. The molecule has 0 aliphatic heterocycles. The highest BCUT2D eigenvalue weighted by molar-refractivity contribution is 5.72. The number of nitrogen functional groups attached to an aromatic ring is 2. The van der Waals surface area contributed by atoms with Crippen molar-refractivity contribution in [1.29, 1.82) is 0 Å². The van der Waals surface area contributed by atoms with Crippen LogP contribution in [-0.2, 0) is 0 Å². The van der Waals surface area contributed by atoms with Crippen molar-refractivity contribution in [2.24, 2.45) is 5.92 Å². The van der Waals surface area contributed by atoms with Crippen molar-refractivity contribution < 1.29 is 0 Å². The van der Waals surface area contributed by atoms with Gasteiger partial charge in [0.1, 0.15) is 12.0 Å². The summed E-state index contributed by atoms with van der Waals surface area (Å²) in [7, 11) is 1.96. The molecule has 0 aliphatic rings. The molecule has 0 saturated heterocycles. The summed E-state index contributed by atoms with van der Waals surface area (Å²) in [5, 5.41) is 0. The van der Waals surface area contributed by atoms with Gasteiger partial charge in [0.2, 0.25) is 0 Å². The summed E-state index contributed by atoms with van der Waals surface area (Å²) in [6.45, 7) is 5.29. The Morgan fingerprint density at radius 1 is 1.33 bits per heavy atom. The summed E-state index contributed by atoms with van der Waals surface area (Å²) in [4.78, 5) is 9.97. The van der Waals surface area contributed by atoms with Gasteiger partial charge in [0, 0.05) is 13.6 Å². The summed E-state index contributed by atoms with van der Waals surface area (Å²) >= 11 is 0. The van der Waals surface area contributed by atoms with Gasteiger partial charge in [-0.2, -0.15) is 0 Å². The fraction of sp³-hybridized carbons (Fsp3) is 0.600. The summed E-state index contributed by atoms with van der Waals surface area (Å²) in [6.07, 6.45) is 2.53. The van der Waals surface area contributed by atoms with Gasteiger partial charge in [-0.1, -0.05) is 13.8 Å². The maximum Gasteiger partial charge on any atom is 0.157 e. The van der Waals surface area contributed by atoms with Crippen LogP contribution in [0.4, 0.5) is 17.3 Å². The van der Waals surface area contributed by atoms with Crippen LogP contribution < -0.4 is 16.4 Å². The summed E-state index contributed by atoms with van der Waals surface area (Å²) in [5.74, 6) is 1.72. The van der Waals surface area contributed by atoms with Gasteiger partial charge in [-0.25, -0.2) is 9.97 Å². The second-order valence-electron chi connectivity index (χ2n) is 4.10. The van der Waals surface area contributed by atoms with E-state index in [9.17, 15) is 0 Å². The van der Waals surface area contributed by atoms with Crippen LogP contribution in [0.25, 0.3) is 0 Å². The number of rotatable bonds is 4. The highest BCUT2D eigenvalue weighted by Gasteiger charge is 2.10. The topological polar surface area (TPSA) is 81.1 Å². The van der Waals surface area contributed by atoms with Crippen molar-refractivity contribution in [3.05, 3.63) is 6.33 Å². The number of anilines is 3. The Balaban J connectivity index is 2.73. The molecule has 1 rings (SSSR count). The molecule has 15 heavy (non-hydrogen) atoms. The molecular weight excluding hydrogens is 190 g/mol. The third-order valence-electron chi connectivity index (χ3n) is 2.30. The van der Waals surface area contributed by atoms with Gasteiger partial charge in [0.25, 0.3) is 0 Å². The van der Waals surface area contributed by atoms with Gasteiger partial charge >= 0.3 is 0 Å². The molecule has 0 amide bonds. The van der Waals surface area contributed by atoms with Gasteiger partial charge < -0.3 is 16.4 Å². The van der Waals surface area contributed by atoms with Crippen molar-refractivity contribution in [3.8, 4) is 0 Å². The Labute approximate surface area is 90.5 Å². The average Bonchev–Trinajstić information content (AvgIpc) is 2.18. The molecule has 5 heteroatoms. The lowest BCUT2D eigenvalue weighted by atomic mass is 10.1. The molecule has 0 unspecified atom stereocenters. The van der Waals surface area contributed by atoms with E-state index < -0.39 is 0 Å². The number of nitrogens with zero attached hydrogens (tertiary/aromatic N) is 3. The molecule has 1 heterocycles. The zero-order valence-corrected chi connectivity index (χ0v) is 9.57. The largest absolute Gasteiger partial charge is 0.393 e. The molecule has 0 saturated carbocycles. The third kappa shape index (κ3) is 2.97. The first-order chi connectivity index (χ1) is 7.02. The highest BCUT2D eigenvalue weighted by atomic mass is 15.2. The van der Waals surface area contributed by atoms with Gasteiger partial charge in [0.15, 0.2) is 11.6 Å². The lowest BCUT2D eigenvalue weighted by Crippen LogP contribution is -2.22. The van der Waals surface area contributed by atoms with Gasteiger partial charge in [-0.05, 0) is 12.3 Å². The van der Waals surface area contributed by atoms with Crippen LogP contribution in [0.5, 0.6) is 0 Å².